The van der Waals surface area contributed by atoms with Crippen molar-refractivity contribution in [3.05, 3.63) is 175 Å². The van der Waals surface area contributed by atoms with Crippen molar-refractivity contribution in [1.82, 2.24) is 0 Å². The van der Waals surface area contributed by atoms with E-state index in [1.54, 1.807) is 0 Å². The topological polar surface area (TPSA) is 0 Å². The number of hydrogen-bond acceptors (Lipinski definition) is 0. The van der Waals surface area contributed by atoms with Gasteiger partial charge < -0.3 is 0 Å². The number of rotatable bonds is 14. The predicted octanol–water partition coefficient (Wildman–Crippen LogP) is 16.1. The second-order valence-corrected chi connectivity index (χ2v) is 17.7. The molecule has 0 aromatic heterocycles. The van der Waals surface area contributed by atoms with Gasteiger partial charge in [-0.3, -0.25) is 0 Å². The van der Waals surface area contributed by atoms with Gasteiger partial charge in [0.05, 0.1) is 5.41 Å². The molecule has 0 saturated heterocycles. The van der Waals surface area contributed by atoms with Crippen LogP contribution in [0.4, 0.5) is 0 Å². The summed E-state index contributed by atoms with van der Waals surface area (Å²) in [7, 11) is 0. The van der Waals surface area contributed by atoms with Crippen LogP contribution in [0.5, 0.6) is 0 Å². The summed E-state index contributed by atoms with van der Waals surface area (Å²) in [4.78, 5) is 0. The van der Waals surface area contributed by atoms with E-state index in [1.165, 1.54) is 163 Å². The van der Waals surface area contributed by atoms with E-state index in [0.717, 1.165) is 12.8 Å². The van der Waals surface area contributed by atoms with Crippen LogP contribution in [0.2, 0.25) is 0 Å². The SMILES string of the molecule is CCCCCCc1ccc(C2(c3ccc(CCCCCC)c(C)c3)c3cc(-c4c(C)cc(C)cc4C)ccc3-c3ccc(-c4c(C)cc(C)cc4C)cc32)cc1C. The van der Waals surface area contributed by atoms with Gasteiger partial charge in [0.15, 0.2) is 0 Å². The molecule has 0 nitrogen and oxygen atoms in total. The van der Waals surface area contributed by atoms with Crippen LogP contribution in [0.1, 0.15) is 143 Å². The highest BCUT2D eigenvalue weighted by atomic mass is 14.5. The normalized spacial score (nSPS) is 12.9. The van der Waals surface area contributed by atoms with E-state index in [0.29, 0.717) is 0 Å². The Bertz CT molecular complexity index is 2200. The molecular weight excluding hydrogens is 685 g/mol. The Kier molecular flexibility index (Phi) is 12.1. The molecule has 7 rings (SSSR count). The minimum absolute atomic E-state index is 0.493. The van der Waals surface area contributed by atoms with E-state index in [1.807, 2.05) is 0 Å². The van der Waals surface area contributed by atoms with Crippen molar-refractivity contribution >= 4 is 0 Å². The van der Waals surface area contributed by atoms with E-state index >= 15 is 0 Å². The standard InChI is InChI=1S/C57H66/c1-11-13-15-17-19-45-21-25-49(33-39(45)5)57(50-26-22-46(40(6)34-50)20-18-16-14-12-2)53-35-47(55-41(7)29-37(3)30-42(55)8)23-27-51(53)52-28-24-48(36-54(52)57)56-43(9)31-38(4)32-44(56)10/h21-36H,11-20H2,1-10H3. The second-order valence-electron chi connectivity index (χ2n) is 17.7. The molecule has 6 aromatic carbocycles. The zero-order valence-electron chi connectivity index (χ0n) is 36.8. The summed E-state index contributed by atoms with van der Waals surface area (Å²) in [5, 5.41) is 0. The molecule has 0 heteroatoms. The van der Waals surface area contributed by atoms with Crippen LogP contribution in [0.3, 0.4) is 0 Å². The highest BCUT2D eigenvalue weighted by Crippen LogP contribution is 2.58. The lowest BCUT2D eigenvalue weighted by atomic mass is 9.66. The van der Waals surface area contributed by atoms with E-state index in [4.69, 9.17) is 0 Å². The van der Waals surface area contributed by atoms with Gasteiger partial charge in [0.2, 0.25) is 0 Å². The fourth-order valence-electron chi connectivity index (χ4n) is 10.6. The van der Waals surface area contributed by atoms with Crippen molar-refractivity contribution in [2.75, 3.05) is 0 Å². The first-order valence-electron chi connectivity index (χ1n) is 22.1. The van der Waals surface area contributed by atoms with Gasteiger partial charge in [0.1, 0.15) is 0 Å². The molecule has 1 aliphatic carbocycles. The Hall–Kier alpha value is -4.68. The fraction of sp³-hybridized carbons (Fsp3) is 0.368. The van der Waals surface area contributed by atoms with Crippen LogP contribution >= 0.6 is 0 Å². The molecule has 57 heavy (non-hydrogen) atoms. The second kappa shape index (κ2) is 17.0. The minimum atomic E-state index is -0.493. The highest BCUT2D eigenvalue weighted by Gasteiger charge is 2.47. The maximum atomic E-state index is 2.57. The predicted molar refractivity (Wildman–Crippen MR) is 248 cm³/mol. The lowest BCUT2D eigenvalue weighted by molar-refractivity contribution is 0.664. The van der Waals surface area contributed by atoms with Crippen molar-refractivity contribution < 1.29 is 0 Å². The Morgan fingerprint density at radius 1 is 0.368 bits per heavy atom. The number of fused-ring (bicyclic) bond motifs is 3. The van der Waals surface area contributed by atoms with Gasteiger partial charge in [-0.05, 0) is 193 Å². The minimum Gasteiger partial charge on any atom is -0.0654 e. The molecule has 1 aliphatic rings. The summed E-state index contributed by atoms with van der Waals surface area (Å²) in [5.41, 5.74) is 26.9. The van der Waals surface area contributed by atoms with E-state index in [2.05, 4.69) is 166 Å². The Morgan fingerprint density at radius 3 is 1.11 bits per heavy atom. The summed E-state index contributed by atoms with van der Waals surface area (Å²) < 4.78 is 0. The molecule has 0 spiro atoms. The molecule has 0 radical (unpaired) electrons. The largest absolute Gasteiger partial charge is 0.0714 e. The zero-order chi connectivity index (χ0) is 40.4. The monoisotopic (exact) mass is 751 g/mol. The van der Waals surface area contributed by atoms with Gasteiger partial charge in [-0.2, -0.15) is 0 Å². The molecule has 294 valence electrons. The smallest absolute Gasteiger partial charge is 0.0654 e. The summed E-state index contributed by atoms with van der Waals surface area (Å²) in [5.74, 6) is 0. The maximum Gasteiger partial charge on any atom is 0.0714 e. The van der Waals surface area contributed by atoms with Crippen LogP contribution in [-0.2, 0) is 18.3 Å². The third kappa shape index (κ3) is 7.70. The summed E-state index contributed by atoms with van der Waals surface area (Å²) in [6, 6.07) is 39.3. The maximum absolute atomic E-state index is 2.57. The third-order valence-electron chi connectivity index (χ3n) is 13.2. The van der Waals surface area contributed by atoms with Gasteiger partial charge in [-0.1, -0.05) is 148 Å². The molecule has 0 fully saturated rings. The summed E-state index contributed by atoms with van der Waals surface area (Å²) in [6.45, 7) is 22.9. The Morgan fingerprint density at radius 2 is 0.754 bits per heavy atom. The molecule has 0 atom stereocenters. The van der Waals surface area contributed by atoms with Gasteiger partial charge in [0.25, 0.3) is 0 Å². The fourth-order valence-corrected chi connectivity index (χ4v) is 10.6. The third-order valence-corrected chi connectivity index (χ3v) is 13.2. The average Bonchev–Trinajstić information content (AvgIpc) is 3.45. The molecule has 0 aliphatic heterocycles. The summed E-state index contributed by atoms with van der Waals surface area (Å²) in [6.07, 6.45) is 12.5. The number of benzene rings is 6. The Balaban J connectivity index is 1.53. The molecule has 0 N–H and O–H groups in total. The molecule has 6 aromatic rings. The van der Waals surface area contributed by atoms with Crippen LogP contribution < -0.4 is 0 Å². The Labute approximate surface area is 345 Å². The molecule has 0 bridgehead atoms. The average molecular weight is 751 g/mol. The van der Waals surface area contributed by atoms with Crippen molar-refractivity contribution in [3.63, 3.8) is 0 Å². The zero-order valence-corrected chi connectivity index (χ0v) is 36.8. The number of hydrogen-bond donors (Lipinski definition) is 0. The number of aryl methyl sites for hydroxylation is 10. The number of unbranched alkanes of at least 4 members (excludes halogenated alkanes) is 6. The highest BCUT2D eigenvalue weighted by molar-refractivity contribution is 5.91. The first kappa shape index (κ1) is 40.5. The first-order valence-corrected chi connectivity index (χ1v) is 22.1. The van der Waals surface area contributed by atoms with Crippen LogP contribution in [0.25, 0.3) is 33.4 Å². The first-order chi connectivity index (χ1) is 27.5. The van der Waals surface area contributed by atoms with Crippen LogP contribution in [0.15, 0.2) is 97.1 Å². The molecule has 0 amide bonds. The van der Waals surface area contributed by atoms with Crippen molar-refractivity contribution in [3.8, 4) is 33.4 Å². The van der Waals surface area contributed by atoms with Gasteiger partial charge >= 0.3 is 0 Å². The van der Waals surface area contributed by atoms with Gasteiger partial charge in [-0.15, -0.1) is 0 Å². The lowest BCUT2D eigenvalue weighted by Gasteiger charge is -2.35. The van der Waals surface area contributed by atoms with E-state index < -0.39 is 5.41 Å². The van der Waals surface area contributed by atoms with Crippen LogP contribution in [-0.4, -0.2) is 0 Å². The van der Waals surface area contributed by atoms with E-state index in [-0.39, 0.29) is 0 Å². The quantitative estimate of drug-likeness (QED) is 0.0971. The van der Waals surface area contributed by atoms with E-state index in [9.17, 15) is 0 Å². The summed E-state index contributed by atoms with van der Waals surface area (Å²) >= 11 is 0. The van der Waals surface area contributed by atoms with Crippen molar-refractivity contribution in [2.24, 2.45) is 0 Å². The van der Waals surface area contributed by atoms with Gasteiger partial charge in [-0.25, -0.2) is 0 Å². The van der Waals surface area contributed by atoms with Crippen molar-refractivity contribution in [1.29, 1.82) is 0 Å². The van der Waals surface area contributed by atoms with Crippen molar-refractivity contribution in [2.45, 2.75) is 139 Å². The van der Waals surface area contributed by atoms with Gasteiger partial charge in [0, 0.05) is 0 Å². The molecular formula is C57H66. The van der Waals surface area contributed by atoms with Crippen LogP contribution in [0, 0.1) is 55.4 Å². The molecule has 0 unspecified atom stereocenters. The lowest BCUT2D eigenvalue weighted by Crippen LogP contribution is -2.29. The molecule has 0 heterocycles. The molecule has 0 saturated carbocycles.